The first-order valence-corrected chi connectivity index (χ1v) is 14.5. The summed E-state index contributed by atoms with van der Waals surface area (Å²) in [7, 11) is -3.99. The lowest BCUT2D eigenvalue weighted by Crippen LogP contribution is -2.48. The van der Waals surface area contributed by atoms with Crippen molar-refractivity contribution in [2.75, 3.05) is 17.8 Å². The second-order valence-corrected chi connectivity index (χ2v) is 11.8. The van der Waals surface area contributed by atoms with Gasteiger partial charge < -0.3 is 4.74 Å². The molecule has 8 nitrogen and oxygen atoms in total. The molecule has 3 heterocycles. The summed E-state index contributed by atoms with van der Waals surface area (Å²) in [5.74, 6) is 0.179. The Kier molecular flexibility index (Phi) is 7.97. The minimum absolute atomic E-state index is 0.0402. The van der Waals surface area contributed by atoms with Crippen LogP contribution in [0, 0.1) is 0 Å². The molecular formula is C26H27ClF3N5O3S. The Labute approximate surface area is 229 Å². The number of nitrogens with zero attached hydrogens (tertiary/aromatic N) is 4. The summed E-state index contributed by atoms with van der Waals surface area (Å²) in [4.78, 5) is 14.0. The Balaban J connectivity index is 1.33. The molecule has 2 fully saturated rings. The van der Waals surface area contributed by atoms with Gasteiger partial charge in [-0.1, -0.05) is 29.8 Å². The predicted molar refractivity (Wildman–Crippen MR) is 139 cm³/mol. The maximum Gasteiger partial charge on any atom is 0.416 e. The summed E-state index contributed by atoms with van der Waals surface area (Å²) in [5, 5.41) is 0.0423. The highest BCUT2D eigenvalue weighted by atomic mass is 35.5. The molecule has 0 amide bonds. The molecule has 1 aromatic carbocycles. The number of nitrogens with one attached hydrogen (secondary N) is 1. The van der Waals surface area contributed by atoms with Crippen molar-refractivity contribution in [2.45, 2.75) is 61.2 Å². The topological polar surface area (TPSA) is 97.3 Å². The number of benzene rings is 1. The molecule has 208 valence electrons. The smallest absolute Gasteiger partial charge is 0.416 e. The molecule has 0 spiro atoms. The van der Waals surface area contributed by atoms with Crippen molar-refractivity contribution in [3.63, 3.8) is 0 Å². The summed E-state index contributed by atoms with van der Waals surface area (Å²) < 4.78 is 74.1. The van der Waals surface area contributed by atoms with Crippen LogP contribution in [0.15, 0.2) is 60.0 Å². The fourth-order valence-corrected chi connectivity index (χ4v) is 6.57. The van der Waals surface area contributed by atoms with Gasteiger partial charge in [-0.05, 0) is 74.9 Å². The minimum atomic E-state index is -4.39. The number of halogens is 4. The van der Waals surface area contributed by atoms with Crippen molar-refractivity contribution >= 4 is 27.4 Å². The Hall–Kier alpha value is -2.96. The number of hydrogen-bond acceptors (Lipinski definition) is 7. The van der Waals surface area contributed by atoms with Crippen molar-refractivity contribution < 1.29 is 26.3 Å². The van der Waals surface area contributed by atoms with Gasteiger partial charge in [0.2, 0.25) is 5.88 Å². The number of hydrogen-bond donors (Lipinski definition) is 1. The standard InChI is InChI=1S/C26H27ClF3N5O3S/c27-21-14-20(39(36,37)34-24-8-9-31-16-33-24)15-32-25(21)38-23-7-6-18(13-22(23)35-10-1-2-11-35)17-4-3-5-19(12-17)26(28,29)30/h3-5,8-9,12,14-16,18,22-23H,1-2,6-7,10-11,13H2,(H,31,33,34). The van der Waals surface area contributed by atoms with Crippen LogP contribution in [0.1, 0.15) is 49.1 Å². The number of alkyl halides is 3. The van der Waals surface area contributed by atoms with Gasteiger partial charge >= 0.3 is 6.18 Å². The number of likely N-dealkylation sites (tertiary alicyclic amines) is 1. The van der Waals surface area contributed by atoms with E-state index >= 15 is 0 Å². The van der Waals surface area contributed by atoms with E-state index in [0.29, 0.717) is 24.8 Å². The molecular weight excluding hydrogens is 555 g/mol. The molecule has 5 rings (SSSR count). The van der Waals surface area contributed by atoms with E-state index in [0.717, 1.165) is 32.0 Å². The number of anilines is 1. The zero-order valence-corrected chi connectivity index (χ0v) is 22.4. The van der Waals surface area contributed by atoms with Crippen LogP contribution in [0.25, 0.3) is 0 Å². The first-order valence-electron chi connectivity index (χ1n) is 12.6. The largest absolute Gasteiger partial charge is 0.472 e. The van der Waals surface area contributed by atoms with E-state index in [1.54, 1.807) is 6.07 Å². The van der Waals surface area contributed by atoms with Crippen LogP contribution in [0.4, 0.5) is 19.0 Å². The molecule has 1 saturated heterocycles. The van der Waals surface area contributed by atoms with E-state index in [1.807, 2.05) is 0 Å². The van der Waals surface area contributed by atoms with Crippen molar-refractivity contribution in [1.82, 2.24) is 19.9 Å². The second kappa shape index (κ2) is 11.3. The van der Waals surface area contributed by atoms with Crippen molar-refractivity contribution in [3.8, 4) is 5.88 Å². The maximum atomic E-state index is 13.3. The van der Waals surface area contributed by atoms with Gasteiger partial charge in [0.05, 0.1) is 11.8 Å². The molecule has 1 aliphatic heterocycles. The Morgan fingerprint density at radius 3 is 2.56 bits per heavy atom. The number of aromatic nitrogens is 3. The molecule has 13 heteroatoms. The van der Waals surface area contributed by atoms with E-state index < -0.39 is 21.8 Å². The highest BCUT2D eigenvalue weighted by Gasteiger charge is 2.39. The quantitative estimate of drug-likeness (QED) is 0.392. The van der Waals surface area contributed by atoms with Gasteiger partial charge in [0.15, 0.2) is 0 Å². The summed E-state index contributed by atoms with van der Waals surface area (Å²) in [6, 6.07) is 8.21. The van der Waals surface area contributed by atoms with Crippen LogP contribution >= 0.6 is 11.6 Å². The van der Waals surface area contributed by atoms with Crippen LogP contribution in [-0.2, 0) is 16.2 Å². The van der Waals surface area contributed by atoms with Gasteiger partial charge in [-0.2, -0.15) is 13.2 Å². The first kappa shape index (κ1) is 27.6. The lowest BCUT2D eigenvalue weighted by atomic mass is 9.79. The molecule has 2 aliphatic rings. The minimum Gasteiger partial charge on any atom is -0.472 e. The van der Waals surface area contributed by atoms with Gasteiger partial charge in [-0.3, -0.25) is 9.62 Å². The zero-order valence-electron chi connectivity index (χ0n) is 20.8. The fraction of sp³-hybridized carbons (Fsp3) is 0.423. The van der Waals surface area contributed by atoms with Gasteiger partial charge in [-0.15, -0.1) is 0 Å². The normalized spacial score (nSPS) is 22.5. The van der Waals surface area contributed by atoms with Crippen molar-refractivity contribution in [2.24, 2.45) is 0 Å². The molecule has 1 aliphatic carbocycles. The zero-order chi connectivity index (χ0) is 27.6. The van der Waals surface area contributed by atoms with E-state index in [1.165, 1.54) is 43.0 Å². The molecule has 3 unspecified atom stereocenters. The Morgan fingerprint density at radius 2 is 1.87 bits per heavy atom. The third kappa shape index (κ3) is 6.44. The lowest BCUT2D eigenvalue weighted by Gasteiger charge is -2.41. The van der Waals surface area contributed by atoms with Crippen LogP contribution in [-0.4, -0.2) is 53.5 Å². The van der Waals surface area contributed by atoms with Gasteiger partial charge in [0.1, 0.15) is 28.2 Å². The average Bonchev–Trinajstić information content (AvgIpc) is 3.45. The van der Waals surface area contributed by atoms with E-state index in [-0.39, 0.29) is 39.7 Å². The Morgan fingerprint density at radius 1 is 1.08 bits per heavy atom. The highest BCUT2D eigenvalue weighted by molar-refractivity contribution is 7.92. The monoisotopic (exact) mass is 581 g/mol. The SMILES string of the molecule is O=S(=O)(Nc1ccncn1)c1cnc(OC2CCC(c3cccc(C(F)(F)F)c3)CC2N2CCCC2)c(Cl)c1. The van der Waals surface area contributed by atoms with Crippen LogP contribution in [0.3, 0.4) is 0 Å². The van der Waals surface area contributed by atoms with Gasteiger partial charge in [0.25, 0.3) is 10.0 Å². The maximum absolute atomic E-state index is 13.3. The molecule has 0 radical (unpaired) electrons. The highest BCUT2D eigenvalue weighted by Crippen LogP contribution is 2.40. The van der Waals surface area contributed by atoms with Crippen LogP contribution in [0.5, 0.6) is 5.88 Å². The molecule has 39 heavy (non-hydrogen) atoms. The summed E-state index contributed by atoms with van der Waals surface area (Å²) in [6.45, 7) is 1.76. The average molecular weight is 582 g/mol. The number of sulfonamides is 1. The molecule has 1 N–H and O–H groups in total. The number of ether oxygens (including phenoxy) is 1. The van der Waals surface area contributed by atoms with Crippen LogP contribution < -0.4 is 9.46 Å². The molecule has 0 bridgehead atoms. The van der Waals surface area contributed by atoms with Gasteiger partial charge in [-0.25, -0.2) is 23.4 Å². The van der Waals surface area contributed by atoms with E-state index in [2.05, 4.69) is 24.6 Å². The summed E-state index contributed by atoms with van der Waals surface area (Å²) >= 11 is 6.42. The third-order valence-corrected chi connectivity index (χ3v) is 8.82. The Bertz CT molecular complexity index is 1410. The number of pyridine rings is 1. The molecule has 3 atom stereocenters. The molecule has 3 aromatic rings. The second-order valence-electron chi connectivity index (χ2n) is 9.76. The third-order valence-electron chi connectivity index (χ3n) is 7.23. The van der Waals surface area contributed by atoms with Crippen LogP contribution in [0.2, 0.25) is 5.02 Å². The van der Waals surface area contributed by atoms with E-state index in [4.69, 9.17) is 16.3 Å². The van der Waals surface area contributed by atoms with E-state index in [9.17, 15) is 21.6 Å². The van der Waals surface area contributed by atoms with Crippen molar-refractivity contribution in [3.05, 3.63) is 71.3 Å². The predicted octanol–water partition coefficient (Wildman–Crippen LogP) is 5.52. The van der Waals surface area contributed by atoms with Crippen molar-refractivity contribution in [1.29, 1.82) is 0 Å². The fourth-order valence-electron chi connectivity index (χ4n) is 5.32. The first-order chi connectivity index (χ1) is 18.6. The lowest BCUT2D eigenvalue weighted by molar-refractivity contribution is -0.137. The summed E-state index contributed by atoms with van der Waals surface area (Å²) in [5.41, 5.74) is 0.0331. The summed E-state index contributed by atoms with van der Waals surface area (Å²) in [6.07, 6.45) is 3.07. The molecule has 1 saturated carbocycles. The van der Waals surface area contributed by atoms with Gasteiger partial charge in [0, 0.05) is 12.2 Å². The number of rotatable bonds is 7. The molecule has 2 aromatic heterocycles.